The van der Waals surface area contributed by atoms with Crippen LogP contribution in [0.4, 0.5) is 0 Å². The van der Waals surface area contributed by atoms with Crippen LogP contribution in [-0.2, 0) is 19.1 Å². The summed E-state index contributed by atoms with van der Waals surface area (Å²) < 4.78 is 7.17. The Kier molecular flexibility index (Phi) is 5.92. The molecule has 0 aromatic carbocycles. The highest BCUT2D eigenvalue weighted by atomic mass is 32.1. The molecule has 0 aliphatic carbocycles. The Labute approximate surface area is 206 Å². The second kappa shape index (κ2) is 8.27. The molecule has 35 heavy (non-hydrogen) atoms. The maximum absolute atomic E-state index is 13.0. The lowest BCUT2D eigenvalue weighted by atomic mass is 9.65. The number of rotatable bonds is 7. The Morgan fingerprint density at radius 2 is 1.97 bits per heavy atom. The third kappa shape index (κ3) is 3.77. The zero-order valence-corrected chi connectivity index (χ0v) is 21.3. The lowest BCUT2D eigenvalue weighted by Gasteiger charge is -2.50. The molecule has 0 radical (unpaired) electrons. The molecule has 188 valence electrons. The molecule has 1 unspecified atom stereocenters. The van der Waals surface area contributed by atoms with E-state index in [1.165, 1.54) is 36.4 Å². The molecule has 4 rings (SSSR count). The average molecular weight is 504 g/mol. The van der Waals surface area contributed by atoms with Crippen LogP contribution in [0.5, 0.6) is 0 Å². The lowest BCUT2D eigenvalue weighted by Crippen LogP contribution is -2.66. The van der Waals surface area contributed by atoms with E-state index >= 15 is 0 Å². The number of esters is 1. The highest BCUT2D eigenvalue weighted by Gasteiger charge is 2.66. The second-order valence-corrected chi connectivity index (χ2v) is 11.5. The summed E-state index contributed by atoms with van der Waals surface area (Å²) >= 11 is 1.22. The average Bonchev–Trinajstić information content (AvgIpc) is 3.35. The summed E-state index contributed by atoms with van der Waals surface area (Å²) in [6.07, 6.45) is 2.44. The van der Waals surface area contributed by atoms with Crippen LogP contribution in [0.25, 0.3) is 10.4 Å². The minimum Gasteiger partial charge on any atom is -0.477 e. The summed E-state index contributed by atoms with van der Waals surface area (Å²) in [7, 11) is 0. The van der Waals surface area contributed by atoms with Crippen molar-refractivity contribution in [1.82, 2.24) is 14.3 Å². The number of thiazole rings is 1. The third-order valence-electron chi connectivity index (χ3n) is 6.82. The van der Waals surface area contributed by atoms with Gasteiger partial charge >= 0.3 is 11.9 Å². The van der Waals surface area contributed by atoms with Gasteiger partial charge in [-0.25, -0.2) is 9.78 Å². The van der Waals surface area contributed by atoms with Gasteiger partial charge in [-0.1, -0.05) is 6.92 Å². The highest BCUT2D eigenvalue weighted by molar-refractivity contribution is 7.18. The predicted molar refractivity (Wildman–Crippen MR) is 127 cm³/mol. The summed E-state index contributed by atoms with van der Waals surface area (Å²) in [6, 6.07) is -0.615. The Hall–Kier alpha value is -3.05. The molecule has 0 spiro atoms. The molecule has 2 aliphatic rings. The van der Waals surface area contributed by atoms with E-state index in [-0.39, 0.29) is 36.2 Å². The number of aliphatic hydroxyl groups is 1. The number of ether oxygens (including phenoxy) is 1. The first-order chi connectivity index (χ1) is 16.2. The van der Waals surface area contributed by atoms with E-state index in [2.05, 4.69) is 4.98 Å². The molecule has 1 saturated heterocycles. The van der Waals surface area contributed by atoms with E-state index in [0.29, 0.717) is 15.3 Å². The molecule has 4 atom stereocenters. The number of imidazole rings is 1. The van der Waals surface area contributed by atoms with Crippen LogP contribution >= 0.6 is 11.3 Å². The number of amides is 1. The van der Waals surface area contributed by atoms with Crippen molar-refractivity contribution < 1.29 is 34.1 Å². The fourth-order valence-corrected chi connectivity index (χ4v) is 6.37. The third-order valence-corrected chi connectivity index (χ3v) is 7.95. The van der Waals surface area contributed by atoms with Crippen molar-refractivity contribution in [1.29, 1.82) is 0 Å². The molecular formula is C24H29N3O7S. The van der Waals surface area contributed by atoms with Gasteiger partial charge in [-0.3, -0.25) is 18.8 Å². The van der Waals surface area contributed by atoms with Crippen LogP contribution in [0, 0.1) is 16.7 Å². The quantitative estimate of drug-likeness (QED) is 0.334. The van der Waals surface area contributed by atoms with Crippen LogP contribution in [0.2, 0.25) is 0 Å². The highest BCUT2D eigenvalue weighted by Crippen LogP contribution is 2.60. The fourth-order valence-electron chi connectivity index (χ4n) is 5.06. The van der Waals surface area contributed by atoms with Gasteiger partial charge in [0.15, 0.2) is 5.78 Å². The smallest absolute Gasteiger partial charge is 0.352 e. The Balaban J connectivity index is 1.83. The predicted octanol–water partition coefficient (Wildman–Crippen LogP) is 2.60. The summed E-state index contributed by atoms with van der Waals surface area (Å²) in [4.78, 5) is 56.3. The molecule has 2 aromatic rings. The topological polar surface area (TPSA) is 139 Å². The number of carbonyl (C=O) groups excluding carboxylic acids is 3. The molecule has 2 aromatic heterocycles. The Bertz CT molecular complexity index is 1280. The van der Waals surface area contributed by atoms with Gasteiger partial charge in [0.05, 0.1) is 35.0 Å². The standard InChI is InChI=1S/C24H29N3O7S/c1-11(28)14-18-24(6,7-8-34-22(33)23(3,4)5)15(17(21(31)32)27(18)19(14)30)13-9-26-10-25-16(12(2)29)20(26)35-13/h9-11,14,18,28H,7-8H2,1-6H3,(H,31,32)/t11?,14-,18-,24+/m1/s1. The van der Waals surface area contributed by atoms with Crippen molar-refractivity contribution in [2.24, 2.45) is 16.7 Å². The number of carbonyl (C=O) groups is 4. The first-order valence-electron chi connectivity index (χ1n) is 11.3. The number of β-lactam (4-membered cyclic amide) rings is 1. The summed E-state index contributed by atoms with van der Waals surface area (Å²) in [5, 5.41) is 20.5. The van der Waals surface area contributed by atoms with Crippen LogP contribution in [-0.4, -0.2) is 66.9 Å². The molecule has 11 heteroatoms. The normalized spacial score (nSPS) is 25.0. The number of nitrogens with zero attached hydrogens (tertiary/aromatic N) is 3. The van der Waals surface area contributed by atoms with Gasteiger partial charge in [-0.2, -0.15) is 0 Å². The van der Waals surface area contributed by atoms with Gasteiger partial charge in [0.1, 0.15) is 22.5 Å². The van der Waals surface area contributed by atoms with Crippen LogP contribution in [0.1, 0.15) is 63.3 Å². The summed E-state index contributed by atoms with van der Waals surface area (Å²) in [5.41, 5.74) is -1.09. The molecule has 0 saturated carbocycles. The largest absolute Gasteiger partial charge is 0.477 e. The maximum Gasteiger partial charge on any atom is 0.352 e. The van der Waals surface area contributed by atoms with Crippen molar-refractivity contribution in [3.8, 4) is 0 Å². The minimum absolute atomic E-state index is 0.0125. The number of aromatic nitrogens is 2. The lowest BCUT2D eigenvalue weighted by molar-refractivity contribution is -0.168. The molecule has 10 nitrogen and oxygen atoms in total. The molecule has 2 aliphatic heterocycles. The molecule has 1 fully saturated rings. The fraction of sp³-hybridized carbons (Fsp3) is 0.542. The number of Topliss-reactive ketones (excluding diaryl/α,β-unsaturated/α-hetero) is 1. The number of hydrogen-bond donors (Lipinski definition) is 2. The van der Waals surface area contributed by atoms with Crippen molar-refractivity contribution in [2.45, 2.75) is 60.1 Å². The molecule has 1 amide bonds. The maximum atomic E-state index is 13.0. The first-order valence-corrected chi connectivity index (χ1v) is 12.2. The number of carboxylic acids is 1. The molecule has 4 heterocycles. The number of aliphatic hydroxyl groups excluding tert-OH is 1. The van der Waals surface area contributed by atoms with Crippen LogP contribution in [0.3, 0.4) is 0 Å². The zero-order chi connectivity index (χ0) is 26.0. The number of carboxylic acid groups (broad SMARTS) is 1. The number of aliphatic carboxylic acids is 1. The van der Waals surface area contributed by atoms with E-state index in [9.17, 15) is 29.4 Å². The van der Waals surface area contributed by atoms with E-state index in [1.807, 2.05) is 6.92 Å². The SMILES string of the molecule is CC(=O)c1ncn2cc(C3=C(C(=O)O)N4C(=O)[C@H](C(C)O)[C@@H]4[C@@]3(C)CCOC(=O)C(C)(C)C)sc12. The first kappa shape index (κ1) is 25.1. The monoisotopic (exact) mass is 503 g/mol. The van der Waals surface area contributed by atoms with Crippen molar-refractivity contribution >= 4 is 45.4 Å². The van der Waals surface area contributed by atoms with E-state index in [1.54, 1.807) is 31.4 Å². The van der Waals surface area contributed by atoms with Crippen molar-refractivity contribution in [3.63, 3.8) is 0 Å². The Morgan fingerprint density at radius 1 is 1.31 bits per heavy atom. The van der Waals surface area contributed by atoms with Gasteiger partial charge < -0.3 is 19.8 Å². The van der Waals surface area contributed by atoms with E-state index in [0.717, 1.165) is 0 Å². The van der Waals surface area contributed by atoms with Gasteiger partial charge in [0.25, 0.3) is 0 Å². The number of ketones is 1. The number of hydrogen-bond acceptors (Lipinski definition) is 8. The summed E-state index contributed by atoms with van der Waals surface area (Å²) in [5.74, 6) is -3.11. The van der Waals surface area contributed by atoms with Gasteiger partial charge in [0.2, 0.25) is 5.91 Å². The van der Waals surface area contributed by atoms with Gasteiger partial charge in [-0.05, 0) is 34.1 Å². The van der Waals surface area contributed by atoms with E-state index < -0.39 is 40.8 Å². The zero-order valence-electron chi connectivity index (χ0n) is 20.5. The van der Waals surface area contributed by atoms with Crippen molar-refractivity contribution in [3.05, 3.63) is 28.8 Å². The van der Waals surface area contributed by atoms with Crippen molar-refractivity contribution in [2.75, 3.05) is 6.61 Å². The van der Waals surface area contributed by atoms with Crippen LogP contribution < -0.4 is 0 Å². The second-order valence-electron chi connectivity index (χ2n) is 10.5. The molecule has 0 bridgehead atoms. The molecular weight excluding hydrogens is 474 g/mol. The summed E-state index contributed by atoms with van der Waals surface area (Å²) in [6.45, 7) is 9.99. The Morgan fingerprint density at radius 3 is 2.51 bits per heavy atom. The number of fused-ring (bicyclic) bond motifs is 2. The minimum atomic E-state index is -1.26. The molecule has 2 N–H and O–H groups in total. The van der Waals surface area contributed by atoms with Gasteiger partial charge in [0, 0.05) is 24.1 Å². The van der Waals surface area contributed by atoms with E-state index in [4.69, 9.17) is 4.74 Å². The van der Waals surface area contributed by atoms with Gasteiger partial charge in [-0.15, -0.1) is 11.3 Å². The van der Waals surface area contributed by atoms with Crippen LogP contribution in [0.15, 0.2) is 18.2 Å².